The van der Waals surface area contributed by atoms with Gasteiger partial charge < -0.3 is 19.5 Å². The molecule has 1 amide bonds. The van der Waals surface area contributed by atoms with Crippen LogP contribution in [0.5, 0.6) is 11.5 Å². The highest BCUT2D eigenvalue weighted by molar-refractivity contribution is 5.94. The summed E-state index contributed by atoms with van der Waals surface area (Å²) in [6.45, 7) is 3.60. The molecule has 0 aliphatic heterocycles. The molecule has 0 spiro atoms. The minimum Gasteiger partial charge on any atom is -0.493 e. The van der Waals surface area contributed by atoms with Gasteiger partial charge in [0, 0.05) is 11.8 Å². The van der Waals surface area contributed by atoms with E-state index >= 15 is 0 Å². The fourth-order valence-corrected chi connectivity index (χ4v) is 2.32. The maximum atomic E-state index is 11.9. The van der Waals surface area contributed by atoms with E-state index < -0.39 is 11.9 Å². The van der Waals surface area contributed by atoms with E-state index in [4.69, 9.17) is 14.2 Å². The number of carbonyl (C=O) groups is 2. The number of hydrogen-bond acceptors (Lipinski definition) is 5. The van der Waals surface area contributed by atoms with Crippen LogP contribution in [0.25, 0.3) is 6.08 Å². The number of benzene rings is 2. The third kappa shape index (κ3) is 5.88. The molecule has 6 nitrogen and oxygen atoms in total. The number of esters is 1. The molecule has 142 valence electrons. The highest BCUT2D eigenvalue weighted by Crippen LogP contribution is 2.27. The summed E-state index contributed by atoms with van der Waals surface area (Å²) in [7, 11) is 3.08. The van der Waals surface area contributed by atoms with Crippen molar-refractivity contribution in [2.45, 2.75) is 13.8 Å². The van der Waals surface area contributed by atoms with Crippen molar-refractivity contribution < 1.29 is 23.8 Å². The van der Waals surface area contributed by atoms with Gasteiger partial charge in [-0.15, -0.1) is 0 Å². The molecule has 27 heavy (non-hydrogen) atoms. The summed E-state index contributed by atoms with van der Waals surface area (Å²) in [6.07, 6.45) is 2.83. The third-order valence-electron chi connectivity index (χ3n) is 3.96. The zero-order chi connectivity index (χ0) is 19.8. The molecule has 2 aromatic rings. The van der Waals surface area contributed by atoms with E-state index in [2.05, 4.69) is 5.32 Å². The molecule has 0 saturated heterocycles. The molecule has 2 rings (SSSR count). The topological polar surface area (TPSA) is 73.9 Å². The van der Waals surface area contributed by atoms with Crippen LogP contribution in [0.2, 0.25) is 0 Å². The van der Waals surface area contributed by atoms with E-state index in [9.17, 15) is 9.59 Å². The highest BCUT2D eigenvalue weighted by atomic mass is 16.5. The Kier molecular flexibility index (Phi) is 7.00. The van der Waals surface area contributed by atoms with E-state index in [1.165, 1.54) is 13.2 Å². The molecule has 6 heteroatoms. The van der Waals surface area contributed by atoms with Crippen molar-refractivity contribution in [3.8, 4) is 11.5 Å². The van der Waals surface area contributed by atoms with Crippen LogP contribution in [0.1, 0.15) is 16.7 Å². The molecular formula is C21H23NO5. The van der Waals surface area contributed by atoms with Crippen LogP contribution in [0, 0.1) is 13.8 Å². The number of rotatable bonds is 7. The predicted molar refractivity (Wildman–Crippen MR) is 104 cm³/mol. The zero-order valence-corrected chi connectivity index (χ0v) is 15.9. The maximum absolute atomic E-state index is 11.9. The first-order valence-corrected chi connectivity index (χ1v) is 8.37. The lowest BCUT2D eigenvalue weighted by molar-refractivity contribution is -0.142. The molecular weight excluding hydrogens is 346 g/mol. The van der Waals surface area contributed by atoms with Gasteiger partial charge in [0.25, 0.3) is 5.91 Å². The Morgan fingerprint density at radius 3 is 2.37 bits per heavy atom. The number of methoxy groups -OCH3 is 2. The van der Waals surface area contributed by atoms with Crippen molar-refractivity contribution in [2.75, 3.05) is 26.1 Å². The minimum absolute atomic E-state index is 0.359. The van der Waals surface area contributed by atoms with Gasteiger partial charge in [0.1, 0.15) is 0 Å². The van der Waals surface area contributed by atoms with Gasteiger partial charge in [0.15, 0.2) is 18.1 Å². The maximum Gasteiger partial charge on any atom is 0.331 e. The fourth-order valence-electron chi connectivity index (χ4n) is 2.32. The molecule has 2 aromatic carbocycles. The van der Waals surface area contributed by atoms with Gasteiger partial charge >= 0.3 is 5.97 Å². The predicted octanol–water partition coefficient (Wildman–Crippen LogP) is 3.52. The van der Waals surface area contributed by atoms with Crippen LogP contribution < -0.4 is 14.8 Å². The third-order valence-corrected chi connectivity index (χ3v) is 3.96. The van der Waals surface area contributed by atoms with Gasteiger partial charge in [0.2, 0.25) is 0 Å². The Hall–Kier alpha value is -3.28. The second-order valence-electron chi connectivity index (χ2n) is 5.90. The summed E-state index contributed by atoms with van der Waals surface area (Å²) in [6, 6.07) is 10.8. The van der Waals surface area contributed by atoms with Crippen LogP contribution in [-0.2, 0) is 14.3 Å². The van der Waals surface area contributed by atoms with E-state index in [1.54, 1.807) is 37.5 Å². The van der Waals surface area contributed by atoms with Crippen LogP contribution >= 0.6 is 0 Å². The van der Waals surface area contributed by atoms with Gasteiger partial charge in [-0.1, -0.05) is 12.1 Å². The summed E-state index contributed by atoms with van der Waals surface area (Å²) >= 11 is 0. The summed E-state index contributed by atoms with van der Waals surface area (Å²) in [5.74, 6) is 0.146. The van der Waals surface area contributed by atoms with Crippen molar-refractivity contribution >= 4 is 23.6 Å². The average molecular weight is 369 g/mol. The van der Waals surface area contributed by atoms with Gasteiger partial charge in [-0.25, -0.2) is 4.79 Å². The van der Waals surface area contributed by atoms with Gasteiger partial charge in [-0.2, -0.15) is 0 Å². The summed E-state index contributed by atoms with van der Waals surface area (Å²) in [4.78, 5) is 23.7. The first kappa shape index (κ1) is 20.0. The standard InChI is InChI=1S/C21H23NO5/c1-14-5-8-17(11-15(14)2)22-20(23)13-27-21(24)10-7-16-6-9-18(25-3)19(12-16)26-4/h5-12H,13H2,1-4H3,(H,22,23). The van der Waals surface area contributed by atoms with Gasteiger partial charge in [-0.05, 0) is 60.9 Å². The van der Waals surface area contributed by atoms with Crippen molar-refractivity contribution in [3.05, 3.63) is 59.2 Å². The Morgan fingerprint density at radius 1 is 0.963 bits per heavy atom. The lowest BCUT2D eigenvalue weighted by Gasteiger charge is -2.08. The van der Waals surface area contributed by atoms with E-state index in [0.29, 0.717) is 17.2 Å². The number of carbonyl (C=O) groups excluding carboxylic acids is 2. The Morgan fingerprint density at radius 2 is 1.70 bits per heavy atom. The monoisotopic (exact) mass is 369 g/mol. The van der Waals surface area contributed by atoms with Crippen molar-refractivity contribution in [3.63, 3.8) is 0 Å². The number of hydrogen-bond donors (Lipinski definition) is 1. The lowest BCUT2D eigenvalue weighted by atomic mass is 10.1. The molecule has 1 N–H and O–H groups in total. The second kappa shape index (κ2) is 9.43. The molecule has 0 radical (unpaired) electrons. The normalized spacial score (nSPS) is 10.5. The van der Waals surface area contributed by atoms with Crippen molar-refractivity contribution in [2.24, 2.45) is 0 Å². The van der Waals surface area contributed by atoms with E-state index in [-0.39, 0.29) is 6.61 Å². The molecule has 0 aliphatic carbocycles. The van der Waals surface area contributed by atoms with Crippen molar-refractivity contribution in [1.29, 1.82) is 0 Å². The SMILES string of the molecule is COc1ccc(C=CC(=O)OCC(=O)Nc2ccc(C)c(C)c2)cc1OC. The van der Waals surface area contributed by atoms with Crippen LogP contribution in [-0.4, -0.2) is 32.7 Å². The number of anilines is 1. The number of nitrogens with one attached hydrogen (secondary N) is 1. The van der Waals surface area contributed by atoms with Crippen LogP contribution in [0.4, 0.5) is 5.69 Å². The summed E-state index contributed by atoms with van der Waals surface area (Å²) in [5, 5.41) is 2.70. The van der Waals surface area contributed by atoms with Crippen LogP contribution in [0.15, 0.2) is 42.5 Å². The second-order valence-corrected chi connectivity index (χ2v) is 5.90. The smallest absolute Gasteiger partial charge is 0.331 e. The van der Waals surface area contributed by atoms with Crippen molar-refractivity contribution in [1.82, 2.24) is 0 Å². The zero-order valence-electron chi connectivity index (χ0n) is 15.9. The first-order chi connectivity index (χ1) is 12.9. The molecule has 0 unspecified atom stereocenters. The Balaban J connectivity index is 1.87. The van der Waals surface area contributed by atoms with E-state index in [1.807, 2.05) is 26.0 Å². The van der Waals surface area contributed by atoms with Crippen LogP contribution in [0.3, 0.4) is 0 Å². The minimum atomic E-state index is -0.611. The Bertz CT molecular complexity index is 858. The molecule has 0 heterocycles. The number of ether oxygens (including phenoxy) is 3. The molecule has 0 aliphatic rings. The number of amides is 1. The Labute approximate surface area is 158 Å². The fraction of sp³-hybridized carbons (Fsp3) is 0.238. The van der Waals surface area contributed by atoms with Gasteiger partial charge in [0.05, 0.1) is 14.2 Å². The number of aryl methyl sites for hydroxylation is 2. The molecule has 0 bridgehead atoms. The first-order valence-electron chi connectivity index (χ1n) is 8.37. The largest absolute Gasteiger partial charge is 0.493 e. The molecule has 0 saturated carbocycles. The molecule has 0 atom stereocenters. The summed E-state index contributed by atoms with van der Waals surface area (Å²) < 4.78 is 15.3. The average Bonchev–Trinajstić information content (AvgIpc) is 2.67. The van der Waals surface area contributed by atoms with E-state index in [0.717, 1.165) is 16.7 Å². The molecule has 0 fully saturated rings. The van der Waals surface area contributed by atoms with Gasteiger partial charge in [-0.3, -0.25) is 4.79 Å². The summed E-state index contributed by atoms with van der Waals surface area (Å²) in [5.41, 5.74) is 3.62. The quantitative estimate of drug-likeness (QED) is 0.597. The molecule has 0 aromatic heterocycles. The highest BCUT2D eigenvalue weighted by Gasteiger charge is 2.07. The lowest BCUT2D eigenvalue weighted by Crippen LogP contribution is -2.20.